The molecule has 224 valence electrons. The van der Waals surface area contributed by atoms with Gasteiger partial charge in [0.2, 0.25) is 11.0 Å². The Hall–Kier alpha value is -5.75. The highest BCUT2D eigenvalue weighted by Crippen LogP contribution is 2.49. The van der Waals surface area contributed by atoms with Crippen LogP contribution in [0.1, 0.15) is 0 Å². The van der Waals surface area contributed by atoms with Crippen molar-refractivity contribution in [2.45, 2.75) is 0 Å². The summed E-state index contributed by atoms with van der Waals surface area (Å²) in [5.41, 5.74) is 5.78. The first kappa shape index (κ1) is 26.3. The van der Waals surface area contributed by atoms with Crippen LogP contribution in [0.5, 0.6) is 0 Å². The van der Waals surface area contributed by atoms with Crippen molar-refractivity contribution >= 4 is 109 Å². The lowest BCUT2D eigenvalue weighted by atomic mass is 9.94. The smallest absolute Gasteiger partial charge is 0.233 e. The molecule has 0 aliphatic carbocycles. The lowest BCUT2D eigenvalue weighted by Gasteiger charge is -2.13. The molecule has 0 aliphatic rings. The molecule has 4 aromatic heterocycles. The van der Waals surface area contributed by atoms with E-state index in [2.05, 4.69) is 125 Å². The number of benzene rings is 7. The van der Waals surface area contributed by atoms with Gasteiger partial charge in [0, 0.05) is 47.1 Å². The Balaban J connectivity index is 1.38. The maximum absolute atomic E-state index is 6.69. The molecule has 11 rings (SSSR count). The van der Waals surface area contributed by atoms with Crippen molar-refractivity contribution < 1.29 is 4.42 Å². The topological polar surface area (TPSA) is 43.9 Å². The quantitative estimate of drug-likeness (QED) is 0.175. The van der Waals surface area contributed by atoms with Gasteiger partial charge in [-0.3, -0.25) is 4.57 Å². The standard InChI is InChI=1S/C42H22ClN3OS/c43-42-44-40(37-29-14-4-7-18-33(29)47-41(37)45-42)46-32-17-6-3-13-28(32)35-36-30-15-5-8-19-34(30)48-39(36)31-22-24(20-21-27(31)38(35)46)26-16-9-11-23-10-1-2-12-25(23)26/h1-22H. The van der Waals surface area contributed by atoms with E-state index in [1.165, 1.54) is 52.8 Å². The average molecular weight is 652 g/mol. The molecule has 0 amide bonds. The molecule has 4 nitrogen and oxygen atoms in total. The first-order valence-corrected chi connectivity index (χ1v) is 17.1. The Morgan fingerprint density at radius 2 is 1.33 bits per heavy atom. The molecule has 0 saturated heterocycles. The highest BCUT2D eigenvalue weighted by Gasteiger charge is 2.25. The fourth-order valence-electron chi connectivity index (χ4n) is 7.78. The number of nitrogens with zero attached hydrogens (tertiary/aromatic N) is 3. The van der Waals surface area contributed by atoms with Gasteiger partial charge >= 0.3 is 0 Å². The Labute approximate surface area is 282 Å². The van der Waals surface area contributed by atoms with E-state index in [0.717, 1.165) is 38.2 Å². The number of aromatic nitrogens is 3. The van der Waals surface area contributed by atoms with Crippen LogP contribution in [0.2, 0.25) is 5.28 Å². The number of furan rings is 1. The molecule has 0 atom stereocenters. The molecule has 0 N–H and O–H groups in total. The van der Waals surface area contributed by atoms with Gasteiger partial charge < -0.3 is 4.42 Å². The van der Waals surface area contributed by atoms with Crippen LogP contribution in [0.4, 0.5) is 0 Å². The monoisotopic (exact) mass is 651 g/mol. The largest absolute Gasteiger partial charge is 0.437 e. The van der Waals surface area contributed by atoms with Crippen LogP contribution in [-0.2, 0) is 0 Å². The third-order valence-electron chi connectivity index (χ3n) is 9.74. The maximum Gasteiger partial charge on any atom is 0.233 e. The minimum atomic E-state index is 0.145. The van der Waals surface area contributed by atoms with Crippen LogP contribution in [0.15, 0.2) is 138 Å². The summed E-state index contributed by atoms with van der Waals surface area (Å²) < 4.78 is 11.1. The molecule has 11 aromatic rings. The Bertz CT molecular complexity index is 3150. The molecular weight excluding hydrogens is 630 g/mol. The van der Waals surface area contributed by atoms with E-state index in [4.69, 9.17) is 21.0 Å². The summed E-state index contributed by atoms with van der Waals surface area (Å²) in [4.78, 5) is 9.50. The van der Waals surface area contributed by atoms with Gasteiger partial charge in [0.1, 0.15) is 5.58 Å². The zero-order chi connectivity index (χ0) is 31.5. The molecule has 0 aliphatic heterocycles. The number of fused-ring (bicyclic) bond motifs is 14. The lowest BCUT2D eigenvalue weighted by molar-refractivity contribution is 0.652. The normalized spacial score (nSPS) is 12.3. The van der Waals surface area contributed by atoms with E-state index in [1.54, 1.807) is 0 Å². The molecule has 0 radical (unpaired) electrons. The van der Waals surface area contributed by atoms with Crippen molar-refractivity contribution in [2.24, 2.45) is 0 Å². The summed E-state index contributed by atoms with van der Waals surface area (Å²) in [6, 6.07) is 47.5. The maximum atomic E-state index is 6.69. The minimum Gasteiger partial charge on any atom is -0.437 e. The molecular formula is C42H22ClN3OS. The van der Waals surface area contributed by atoms with Gasteiger partial charge in [0.15, 0.2) is 5.82 Å². The van der Waals surface area contributed by atoms with Crippen LogP contribution in [0.3, 0.4) is 0 Å². The summed E-state index contributed by atoms with van der Waals surface area (Å²) >= 11 is 8.55. The van der Waals surface area contributed by atoms with Crippen molar-refractivity contribution in [3.8, 4) is 16.9 Å². The molecule has 4 heterocycles. The first-order chi connectivity index (χ1) is 23.7. The highest BCUT2D eigenvalue weighted by molar-refractivity contribution is 7.27. The Morgan fingerprint density at radius 1 is 0.583 bits per heavy atom. The number of hydrogen-bond acceptors (Lipinski definition) is 4. The van der Waals surface area contributed by atoms with Gasteiger partial charge in [-0.15, -0.1) is 11.3 Å². The van der Waals surface area contributed by atoms with Crippen molar-refractivity contribution in [3.05, 3.63) is 139 Å². The van der Waals surface area contributed by atoms with E-state index >= 15 is 0 Å². The zero-order valence-electron chi connectivity index (χ0n) is 25.2. The van der Waals surface area contributed by atoms with Gasteiger partial charge in [0.25, 0.3) is 0 Å². The van der Waals surface area contributed by atoms with E-state index in [1.807, 2.05) is 29.5 Å². The third-order valence-corrected chi connectivity index (χ3v) is 11.1. The predicted molar refractivity (Wildman–Crippen MR) is 202 cm³/mol. The van der Waals surface area contributed by atoms with Gasteiger partial charge in [-0.1, -0.05) is 109 Å². The molecule has 0 saturated carbocycles. The van der Waals surface area contributed by atoms with Crippen LogP contribution < -0.4 is 0 Å². The number of hydrogen-bond donors (Lipinski definition) is 0. The number of thiophene rings is 1. The second-order valence-corrected chi connectivity index (χ2v) is 13.7. The Morgan fingerprint density at radius 3 is 2.25 bits per heavy atom. The minimum absolute atomic E-state index is 0.145. The lowest BCUT2D eigenvalue weighted by Crippen LogP contribution is -2.00. The Kier molecular flexibility index (Phi) is 5.29. The summed E-state index contributed by atoms with van der Waals surface area (Å²) in [6.45, 7) is 0. The first-order valence-electron chi connectivity index (χ1n) is 15.9. The summed E-state index contributed by atoms with van der Waals surface area (Å²) in [6.07, 6.45) is 0. The zero-order valence-corrected chi connectivity index (χ0v) is 26.8. The van der Waals surface area contributed by atoms with Crippen LogP contribution in [0.25, 0.3) is 103 Å². The fraction of sp³-hybridized carbons (Fsp3) is 0. The number of para-hydroxylation sites is 2. The van der Waals surface area contributed by atoms with Crippen LogP contribution in [-0.4, -0.2) is 14.5 Å². The van der Waals surface area contributed by atoms with Gasteiger partial charge in [-0.2, -0.15) is 9.97 Å². The fourth-order valence-corrected chi connectivity index (χ4v) is 9.17. The molecule has 7 aromatic carbocycles. The second-order valence-electron chi connectivity index (χ2n) is 12.3. The highest BCUT2D eigenvalue weighted by atomic mass is 35.5. The van der Waals surface area contributed by atoms with Crippen LogP contribution >= 0.6 is 22.9 Å². The van der Waals surface area contributed by atoms with E-state index in [0.29, 0.717) is 11.5 Å². The number of halogens is 1. The summed E-state index contributed by atoms with van der Waals surface area (Å²) in [7, 11) is 0. The molecule has 0 fully saturated rings. The van der Waals surface area contributed by atoms with Gasteiger partial charge in [0.05, 0.1) is 16.4 Å². The molecule has 0 bridgehead atoms. The van der Waals surface area contributed by atoms with Crippen LogP contribution in [0, 0.1) is 0 Å². The SMILES string of the molecule is Clc1nc(-n2c3ccccc3c3c4c5ccccc5sc4c4cc(-c5cccc6ccccc56)ccc4c32)c2c(n1)oc1ccccc12. The third kappa shape index (κ3) is 3.49. The van der Waals surface area contributed by atoms with Gasteiger partial charge in [-0.25, -0.2) is 0 Å². The molecule has 48 heavy (non-hydrogen) atoms. The predicted octanol–water partition coefficient (Wildman–Crippen LogP) is 12.5. The molecule has 0 spiro atoms. The second kappa shape index (κ2) is 9.64. The summed E-state index contributed by atoms with van der Waals surface area (Å²) in [5.74, 6) is 0.708. The molecule has 6 heteroatoms. The average Bonchev–Trinajstić information content (AvgIpc) is 3.80. The van der Waals surface area contributed by atoms with Crippen molar-refractivity contribution in [1.29, 1.82) is 0 Å². The van der Waals surface area contributed by atoms with E-state index in [9.17, 15) is 0 Å². The molecule has 0 unspecified atom stereocenters. The van der Waals surface area contributed by atoms with Crippen molar-refractivity contribution in [3.63, 3.8) is 0 Å². The number of rotatable bonds is 2. The van der Waals surface area contributed by atoms with Gasteiger partial charge in [-0.05, 0) is 57.8 Å². The van der Waals surface area contributed by atoms with E-state index < -0.39 is 0 Å². The van der Waals surface area contributed by atoms with Crippen molar-refractivity contribution in [2.75, 3.05) is 0 Å². The summed E-state index contributed by atoms with van der Waals surface area (Å²) in [5, 5.41) is 11.7. The van der Waals surface area contributed by atoms with E-state index in [-0.39, 0.29) is 5.28 Å². The van der Waals surface area contributed by atoms with Crippen molar-refractivity contribution in [1.82, 2.24) is 14.5 Å².